The van der Waals surface area contributed by atoms with Gasteiger partial charge in [-0.1, -0.05) is 24.4 Å². The van der Waals surface area contributed by atoms with Crippen LogP contribution in [0.1, 0.15) is 38.0 Å². The number of nitrogens with zero attached hydrogens (tertiary/aromatic N) is 2. The van der Waals surface area contributed by atoms with Gasteiger partial charge in [0, 0.05) is 19.0 Å². The lowest BCUT2D eigenvalue weighted by Crippen LogP contribution is -2.40. The quantitative estimate of drug-likeness (QED) is 0.745. The van der Waals surface area contributed by atoms with Crippen molar-refractivity contribution in [2.75, 3.05) is 6.54 Å². The van der Waals surface area contributed by atoms with E-state index in [0.29, 0.717) is 5.89 Å². The van der Waals surface area contributed by atoms with Gasteiger partial charge in [0.2, 0.25) is 5.89 Å². The molecule has 0 aliphatic heterocycles. The highest BCUT2D eigenvalue weighted by molar-refractivity contribution is 4.81. The molecule has 5 heteroatoms. The van der Waals surface area contributed by atoms with Crippen LogP contribution in [-0.2, 0) is 6.42 Å². The maximum absolute atomic E-state index is 9.89. The zero-order chi connectivity index (χ0) is 11.2. The topological polar surface area (TPSA) is 71.2 Å². The number of nitrogens with one attached hydrogen (secondary N) is 1. The predicted molar refractivity (Wildman–Crippen MR) is 58.9 cm³/mol. The van der Waals surface area contributed by atoms with Gasteiger partial charge in [-0.25, -0.2) is 0 Å². The van der Waals surface area contributed by atoms with Crippen LogP contribution in [0.25, 0.3) is 0 Å². The molecule has 5 nitrogen and oxygen atoms in total. The van der Waals surface area contributed by atoms with Crippen molar-refractivity contribution in [2.45, 2.75) is 50.7 Å². The van der Waals surface area contributed by atoms with Crippen LogP contribution in [0.5, 0.6) is 0 Å². The van der Waals surface area contributed by atoms with Crippen LogP contribution in [0.4, 0.5) is 0 Å². The number of hydrogen-bond donors (Lipinski definition) is 2. The average Bonchev–Trinajstić information content (AvgIpc) is 2.71. The van der Waals surface area contributed by atoms with Gasteiger partial charge >= 0.3 is 0 Å². The Morgan fingerprint density at radius 1 is 1.38 bits per heavy atom. The molecule has 2 rings (SSSR count). The van der Waals surface area contributed by atoms with Crippen molar-refractivity contribution in [2.24, 2.45) is 0 Å². The minimum atomic E-state index is -0.204. The molecule has 0 saturated heterocycles. The largest absolute Gasteiger partial charge is 0.392 e. The second-order valence-electron chi connectivity index (χ2n) is 4.35. The first-order chi connectivity index (χ1) is 7.86. The molecular formula is C11H19N3O2. The van der Waals surface area contributed by atoms with Crippen molar-refractivity contribution in [3.05, 3.63) is 12.2 Å². The van der Waals surface area contributed by atoms with Gasteiger partial charge in [-0.15, -0.1) is 0 Å². The molecule has 90 valence electrons. The Hall–Kier alpha value is -0.940. The Labute approximate surface area is 95.2 Å². The Kier molecular flexibility index (Phi) is 4.30. The summed E-state index contributed by atoms with van der Waals surface area (Å²) in [5.74, 6) is 0.649. The van der Waals surface area contributed by atoms with E-state index >= 15 is 0 Å². The van der Waals surface area contributed by atoms with E-state index in [1.807, 2.05) is 0 Å². The van der Waals surface area contributed by atoms with Gasteiger partial charge in [0.05, 0.1) is 6.10 Å². The summed E-state index contributed by atoms with van der Waals surface area (Å²) in [6, 6.07) is 0.227. The van der Waals surface area contributed by atoms with E-state index in [0.717, 1.165) is 32.2 Å². The first-order valence-corrected chi connectivity index (χ1v) is 6.03. The van der Waals surface area contributed by atoms with Crippen molar-refractivity contribution in [3.8, 4) is 0 Å². The summed E-state index contributed by atoms with van der Waals surface area (Å²) in [6.07, 6.45) is 7.49. The summed E-state index contributed by atoms with van der Waals surface area (Å²) >= 11 is 0. The SMILES string of the molecule is OC1CCCCCC1NCCc1ncno1. The Balaban J connectivity index is 1.71. The fourth-order valence-electron chi connectivity index (χ4n) is 2.20. The van der Waals surface area contributed by atoms with Crippen molar-refractivity contribution >= 4 is 0 Å². The van der Waals surface area contributed by atoms with Gasteiger partial charge in [-0.3, -0.25) is 0 Å². The van der Waals surface area contributed by atoms with Gasteiger partial charge in [0.25, 0.3) is 0 Å². The van der Waals surface area contributed by atoms with Crippen LogP contribution in [0, 0.1) is 0 Å². The maximum Gasteiger partial charge on any atom is 0.227 e. The minimum absolute atomic E-state index is 0.204. The normalized spacial score (nSPS) is 26.6. The van der Waals surface area contributed by atoms with E-state index in [1.54, 1.807) is 0 Å². The van der Waals surface area contributed by atoms with Gasteiger partial charge in [0.1, 0.15) is 0 Å². The van der Waals surface area contributed by atoms with Crippen molar-refractivity contribution < 1.29 is 9.63 Å². The fourth-order valence-corrected chi connectivity index (χ4v) is 2.20. The van der Waals surface area contributed by atoms with E-state index in [9.17, 15) is 5.11 Å². The van der Waals surface area contributed by atoms with E-state index in [-0.39, 0.29) is 12.1 Å². The molecule has 0 bridgehead atoms. The number of aliphatic hydroxyl groups excluding tert-OH is 1. The van der Waals surface area contributed by atoms with Crippen LogP contribution in [0.15, 0.2) is 10.9 Å². The Morgan fingerprint density at radius 2 is 2.25 bits per heavy atom. The standard InChI is InChI=1S/C11H19N3O2/c15-10-5-3-1-2-4-9(10)12-7-6-11-13-8-14-16-11/h8-10,12,15H,1-7H2. The lowest BCUT2D eigenvalue weighted by Gasteiger charge is -2.21. The molecule has 0 aromatic carbocycles. The highest BCUT2D eigenvalue weighted by Crippen LogP contribution is 2.17. The van der Waals surface area contributed by atoms with Crippen molar-refractivity contribution in [3.63, 3.8) is 0 Å². The molecule has 2 unspecified atom stereocenters. The third-order valence-corrected chi connectivity index (χ3v) is 3.13. The van der Waals surface area contributed by atoms with Gasteiger partial charge < -0.3 is 14.9 Å². The fraction of sp³-hybridized carbons (Fsp3) is 0.818. The molecular weight excluding hydrogens is 206 g/mol. The molecule has 0 spiro atoms. The zero-order valence-electron chi connectivity index (χ0n) is 9.43. The third kappa shape index (κ3) is 3.28. The van der Waals surface area contributed by atoms with Crippen LogP contribution >= 0.6 is 0 Å². The van der Waals surface area contributed by atoms with E-state index in [2.05, 4.69) is 15.5 Å². The van der Waals surface area contributed by atoms with Crippen LogP contribution < -0.4 is 5.32 Å². The summed E-state index contributed by atoms with van der Waals surface area (Å²) in [6.45, 7) is 0.782. The van der Waals surface area contributed by atoms with E-state index in [1.165, 1.54) is 19.2 Å². The van der Waals surface area contributed by atoms with Crippen LogP contribution in [0.2, 0.25) is 0 Å². The molecule has 2 N–H and O–H groups in total. The number of aromatic nitrogens is 2. The predicted octanol–water partition coefficient (Wildman–Crippen LogP) is 0.895. The first-order valence-electron chi connectivity index (χ1n) is 6.03. The minimum Gasteiger partial charge on any atom is -0.392 e. The number of hydrogen-bond acceptors (Lipinski definition) is 5. The van der Waals surface area contributed by atoms with E-state index < -0.39 is 0 Å². The van der Waals surface area contributed by atoms with Gasteiger partial charge in [0.15, 0.2) is 6.33 Å². The lowest BCUT2D eigenvalue weighted by molar-refractivity contribution is 0.120. The molecule has 1 fully saturated rings. The number of aliphatic hydroxyl groups is 1. The van der Waals surface area contributed by atoms with Crippen molar-refractivity contribution in [1.82, 2.24) is 15.5 Å². The molecule has 1 aromatic rings. The maximum atomic E-state index is 9.89. The third-order valence-electron chi connectivity index (χ3n) is 3.13. The summed E-state index contributed by atoms with van der Waals surface area (Å²) < 4.78 is 4.91. The molecule has 0 amide bonds. The lowest BCUT2D eigenvalue weighted by atomic mass is 10.1. The second-order valence-corrected chi connectivity index (χ2v) is 4.35. The molecule has 2 atom stereocenters. The van der Waals surface area contributed by atoms with Crippen molar-refractivity contribution in [1.29, 1.82) is 0 Å². The van der Waals surface area contributed by atoms with Gasteiger partial charge in [-0.05, 0) is 12.8 Å². The average molecular weight is 225 g/mol. The van der Waals surface area contributed by atoms with Crippen LogP contribution in [-0.4, -0.2) is 33.9 Å². The van der Waals surface area contributed by atoms with E-state index in [4.69, 9.17) is 4.52 Å². The first kappa shape index (κ1) is 11.5. The summed E-state index contributed by atoms with van der Waals surface area (Å²) in [7, 11) is 0. The monoisotopic (exact) mass is 225 g/mol. The Morgan fingerprint density at radius 3 is 3.06 bits per heavy atom. The highest BCUT2D eigenvalue weighted by atomic mass is 16.5. The Bertz CT molecular complexity index is 289. The van der Waals surface area contributed by atoms with Crippen LogP contribution in [0.3, 0.4) is 0 Å². The molecule has 1 aliphatic rings. The smallest absolute Gasteiger partial charge is 0.227 e. The molecule has 0 radical (unpaired) electrons. The molecule has 16 heavy (non-hydrogen) atoms. The summed E-state index contributed by atoms with van der Waals surface area (Å²) in [5, 5.41) is 16.8. The number of rotatable bonds is 4. The molecule has 1 heterocycles. The summed E-state index contributed by atoms with van der Waals surface area (Å²) in [5.41, 5.74) is 0. The molecule has 1 aliphatic carbocycles. The molecule has 1 saturated carbocycles. The zero-order valence-corrected chi connectivity index (χ0v) is 9.43. The van der Waals surface area contributed by atoms with Gasteiger partial charge in [-0.2, -0.15) is 4.98 Å². The summed E-state index contributed by atoms with van der Waals surface area (Å²) in [4.78, 5) is 3.96. The molecule has 1 aromatic heterocycles. The highest BCUT2D eigenvalue weighted by Gasteiger charge is 2.20. The second kappa shape index (κ2) is 5.96.